The maximum atomic E-state index is 13.6. The van der Waals surface area contributed by atoms with Gasteiger partial charge in [-0.25, -0.2) is 5.01 Å². The van der Waals surface area contributed by atoms with Gasteiger partial charge in [-0.2, -0.15) is 0 Å². The lowest BCUT2D eigenvalue weighted by Crippen LogP contribution is -2.49. The molecule has 3 aromatic rings. The van der Waals surface area contributed by atoms with Gasteiger partial charge in [0.15, 0.2) is 0 Å². The first kappa shape index (κ1) is 30.3. The highest BCUT2D eigenvalue weighted by molar-refractivity contribution is 7.80. The number of halogens is 2. The molecule has 1 fully saturated rings. The first-order valence-electron chi connectivity index (χ1n) is 13.3. The Bertz CT molecular complexity index is 1390. The summed E-state index contributed by atoms with van der Waals surface area (Å²) in [6.45, 7) is 2.80. The molecular weight excluding hydrogens is 583 g/mol. The minimum absolute atomic E-state index is 0.0258. The van der Waals surface area contributed by atoms with E-state index in [0.29, 0.717) is 39.3 Å². The molecular formula is C30H30Cl2N4O4S. The number of thiocarbonyl (C=S) groups is 1. The summed E-state index contributed by atoms with van der Waals surface area (Å²) in [7, 11) is 0. The number of rotatable bonds is 12. The van der Waals surface area contributed by atoms with Gasteiger partial charge in [-0.15, -0.1) is 0 Å². The Morgan fingerprint density at radius 3 is 2.17 bits per heavy atom. The van der Waals surface area contributed by atoms with E-state index in [1.165, 1.54) is 16.3 Å². The Morgan fingerprint density at radius 2 is 1.54 bits per heavy atom. The average molecular weight is 614 g/mol. The number of nitrogens with zero attached hydrogens (tertiary/aromatic N) is 2. The maximum absolute atomic E-state index is 13.6. The van der Waals surface area contributed by atoms with Crippen molar-refractivity contribution < 1.29 is 19.1 Å². The minimum Gasteiger partial charge on any atom is -0.494 e. The summed E-state index contributed by atoms with van der Waals surface area (Å²) in [5, 5.41) is 5.05. The Labute approximate surface area is 254 Å². The standard InChI is InChI=1S/C30H30Cl2N4O4S/c1-2-3-4-5-18-40-25-16-12-23(13-17-25)33-27(37)19-26-29(39)35(24-14-10-22(32)11-15-24)30(41)36(26)34-28(38)20-6-8-21(31)9-7-20/h6-17,26H,2-5,18-19H2,1H3,(H,33,37)(H,34,38). The number of carbonyl (C=O) groups is 3. The van der Waals surface area contributed by atoms with Gasteiger partial charge in [0.2, 0.25) is 11.0 Å². The van der Waals surface area contributed by atoms with Crippen LogP contribution in [0.1, 0.15) is 49.4 Å². The van der Waals surface area contributed by atoms with E-state index in [1.807, 2.05) is 0 Å². The van der Waals surface area contributed by atoms with E-state index in [-0.39, 0.29) is 11.5 Å². The second-order valence-corrected chi connectivity index (χ2v) is 10.7. The van der Waals surface area contributed by atoms with Crippen molar-refractivity contribution in [3.63, 3.8) is 0 Å². The monoisotopic (exact) mass is 612 g/mol. The van der Waals surface area contributed by atoms with Gasteiger partial charge >= 0.3 is 0 Å². The Balaban J connectivity index is 1.46. The van der Waals surface area contributed by atoms with Gasteiger partial charge in [0.05, 0.1) is 18.7 Å². The summed E-state index contributed by atoms with van der Waals surface area (Å²) in [4.78, 5) is 40.9. The fraction of sp³-hybridized carbons (Fsp3) is 0.267. The van der Waals surface area contributed by atoms with Crippen LogP contribution in [-0.2, 0) is 9.59 Å². The molecule has 1 aliphatic heterocycles. The van der Waals surface area contributed by atoms with Gasteiger partial charge in [0.25, 0.3) is 11.8 Å². The Morgan fingerprint density at radius 1 is 0.902 bits per heavy atom. The quantitative estimate of drug-likeness (QED) is 0.176. The molecule has 214 valence electrons. The molecule has 3 amide bonds. The van der Waals surface area contributed by atoms with Crippen molar-refractivity contribution in [1.82, 2.24) is 10.4 Å². The lowest BCUT2D eigenvalue weighted by molar-refractivity contribution is -0.124. The minimum atomic E-state index is -1.08. The predicted octanol–water partition coefficient (Wildman–Crippen LogP) is 6.63. The summed E-state index contributed by atoms with van der Waals surface area (Å²) < 4.78 is 5.76. The smallest absolute Gasteiger partial charge is 0.269 e. The number of hydrazine groups is 1. The zero-order chi connectivity index (χ0) is 29.4. The molecule has 11 heteroatoms. The third-order valence-electron chi connectivity index (χ3n) is 6.41. The van der Waals surface area contributed by atoms with E-state index in [2.05, 4.69) is 17.7 Å². The summed E-state index contributed by atoms with van der Waals surface area (Å²) >= 11 is 17.6. The van der Waals surface area contributed by atoms with Crippen LogP contribution in [0.15, 0.2) is 72.8 Å². The topological polar surface area (TPSA) is 91.0 Å². The van der Waals surface area contributed by atoms with Crippen LogP contribution in [0, 0.1) is 0 Å². The fourth-order valence-electron chi connectivity index (χ4n) is 4.24. The third-order valence-corrected chi connectivity index (χ3v) is 7.29. The van der Waals surface area contributed by atoms with Gasteiger partial charge in [0.1, 0.15) is 11.8 Å². The van der Waals surface area contributed by atoms with Crippen molar-refractivity contribution in [2.24, 2.45) is 0 Å². The van der Waals surface area contributed by atoms with Crippen molar-refractivity contribution in [2.75, 3.05) is 16.8 Å². The molecule has 0 spiro atoms. The predicted molar refractivity (Wildman–Crippen MR) is 165 cm³/mol. The Hall–Kier alpha value is -3.66. The highest BCUT2D eigenvalue weighted by atomic mass is 35.5. The van der Waals surface area contributed by atoms with Crippen molar-refractivity contribution in [1.29, 1.82) is 0 Å². The number of carbonyl (C=O) groups excluding carboxylic acids is 3. The highest BCUT2D eigenvalue weighted by Crippen LogP contribution is 2.28. The molecule has 1 heterocycles. The van der Waals surface area contributed by atoms with Crippen LogP contribution in [-0.4, -0.2) is 40.5 Å². The van der Waals surface area contributed by atoms with Gasteiger partial charge in [-0.05, 0) is 91.4 Å². The zero-order valence-electron chi connectivity index (χ0n) is 22.4. The normalized spacial score (nSPS) is 14.8. The summed E-state index contributed by atoms with van der Waals surface area (Å²) in [6.07, 6.45) is 4.20. The molecule has 8 nitrogen and oxygen atoms in total. The van der Waals surface area contributed by atoms with E-state index < -0.39 is 23.8 Å². The molecule has 0 radical (unpaired) electrons. The molecule has 0 aromatic heterocycles. The second kappa shape index (κ2) is 14.3. The number of benzene rings is 3. The highest BCUT2D eigenvalue weighted by Gasteiger charge is 2.45. The number of hydrogen-bond acceptors (Lipinski definition) is 5. The van der Waals surface area contributed by atoms with E-state index in [1.54, 1.807) is 72.8 Å². The maximum Gasteiger partial charge on any atom is 0.269 e. The van der Waals surface area contributed by atoms with Crippen molar-refractivity contribution in [2.45, 2.75) is 45.1 Å². The number of hydrogen-bond donors (Lipinski definition) is 2. The van der Waals surface area contributed by atoms with Crippen LogP contribution in [0.2, 0.25) is 10.0 Å². The van der Waals surface area contributed by atoms with Gasteiger partial charge in [-0.3, -0.25) is 24.7 Å². The average Bonchev–Trinajstić information content (AvgIpc) is 3.18. The second-order valence-electron chi connectivity index (χ2n) is 9.45. The Kier molecular flexibility index (Phi) is 10.6. The van der Waals surface area contributed by atoms with Crippen molar-refractivity contribution in [3.05, 3.63) is 88.4 Å². The zero-order valence-corrected chi connectivity index (χ0v) is 24.8. The van der Waals surface area contributed by atoms with Crippen LogP contribution in [0.3, 0.4) is 0 Å². The first-order chi connectivity index (χ1) is 19.8. The van der Waals surface area contributed by atoms with Crippen molar-refractivity contribution in [3.8, 4) is 5.75 Å². The van der Waals surface area contributed by atoms with Gasteiger partial charge < -0.3 is 10.1 Å². The number of anilines is 2. The molecule has 0 saturated carbocycles. The number of nitrogens with one attached hydrogen (secondary N) is 2. The molecule has 1 aliphatic rings. The number of unbranched alkanes of at least 4 members (excludes halogenated alkanes) is 3. The molecule has 1 saturated heterocycles. The van der Waals surface area contributed by atoms with Crippen LogP contribution < -0.4 is 20.4 Å². The van der Waals surface area contributed by atoms with Crippen LogP contribution in [0.25, 0.3) is 0 Å². The first-order valence-corrected chi connectivity index (χ1v) is 14.4. The van der Waals surface area contributed by atoms with Crippen LogP contribution >= 0.6 is 35.4 Å². The molecule has 2 N–H and O–H groups in total. The summed E-state index contributed by atoms with van der Waals surface area (Å²) in [5.74, 6) is -0.685. The van der Waals surface area contributed by atoms with Crippen molar-refractivity contribution >= 4 is 69.6 Å². The lowest BCUT2D eigenvalue weighted by atomic mass is 10.1. The molecule has 4 rings (SSSR count). The molecule has 1 unspecified atom stereocenters. The van der Waals surface area contributed by atoms with E-state index in [9.17, 15) is 14.4 Å². The van der Waals surface area contributed by atoms with E-state index in [4.69, 9.17) is 40.2 Å². The SMILES string of the molecule is CCCCCCOc1ccc(NC(=O)CC2C(=O)N(c3ccc(Cl)cc3)C(=S)N2NC(=O)c2ccc(Cl)cc2)cc1. The van der Waals surface area contributed by atoms with E-state index in [0.717, 1.165) is 19.3 Å². The van der Waals surface area contributed by atoms with Gasteiger partial charge in [0, 0.05) is 21.3 Å². The summed E-state index contributed by atoms with van der Waals surface area (Å²) in [5.41, 5.74) is 4.01. The molecule has 0 bridgehead atoms. The van der Waals surface area contributed by atoms with Crippen LogP contribution in [0.5, 0.6) is 5.75 Å². The number of ether oxygens (including phenoxy) is 1. The summed E-state index contributed by atoms with van der Waals surface area (Å²) in [6, 6.07) is 18.8. The molecule has 1 atom stereocenters. The largest absolute Gasteiger partial charge is 0.494 e. The number of amides is 3. The molecule has 3 aromatic carbocycles. The van der Waals surface area contributed by atoms with E-state index >= 15 is 0 Å². The third kappa shape index (κ3) is 7.97. The molecule has 41 heavy (non-hydrogen) atoms. The fourth-order valence-corrected chi connectivity index (χ4v) is 4.86. The van der Waals surface area contributed by atoms with Gasteiger partial charge in [-0.1, -0.05) is 49.4 Å². The molecule has 0 aliphatic carbocycles. The lowest BCUT2D eigenvalue weighted by Gasteiger charge is -2.24. The van der Waals surface area contributed by atoms with Crippen LogP contribution in [0.4, 0.5) is 11.4 Å².